The molecule has 1 N–H and O–H groups in total. The number of aromatic hydroxyl groups is 1. The van der Waals surface area contributed by atoms with E-state index in [1.165, 1.54) is 6.07 Å². The van der Waals surface area contributed by atoms with Crippen LogP contribution in [0.1, 0.15) is 35.7 Å². The van der Waals surface area contributed by atoms with E-state index >= 15 is 0 Å². The maximum atomic E-state index is 12.4. The summed E-state index contributed by atoms with van der Waals surface area (Å²) in [6.45, 7) is 4.99. The van der Waals surface area contributed by atoms with Gasteiger partial charge < -0.3 is 10.0 Å². The topological polar surface area (TPSA) is 64.3 Å². The second-order valence-electron chi connectivity index (χ2n) is 5.46. The van der Waals surface area contributed by atoms with E-state index in [2.05, 4.69) is 6.07 Å². The zero-order valence-electron chi connectivity index (χ0n) is 11.3. The van der Waals surface area contributed by atoms with Crippen molar-refractivity contribution in [1.82, 2.24) is 4.90 Å². The van der Waals surface area contributed by atoms with Crippen LogP contribution < -0.4 is 0 Å². The Kier molecular flexibility index (Phi) is 3.48. The number of hydrogen-bond donors (Lipinski definition) is 1. The molecule has 0 spiro atoms. The van der Waals surface area contributed by atoms with Gasteiger partial charge in [-0.2, -0.15) is 5.26 Å². The molecule has 1 fully saturated rings. The van der Waals surface area contributed by atoms with Gasteiger partial charge in [-0.1, -0.05) is 0 Å². The number of hydrogen-bond acceptors (Lipinski definition) is 3. The van der Waals surface area contributed by atoms with Gasteiger partial charge in [0.1, 0.15) is 5.75 Å². The molecule has 1 aromatic carbocycles. The second-order valence-corrected chi connectivity index (χ2v) is 5.46. The van der Waals surface area contributed by atoms with Crippen LogP contribution in [-0.2, 0) is 0 Å². The normalized spacial score (nSPS) is 17.8. The molecule has 4 heteroatoms. The van der Waals surface area contributed by atoms with Crippen LogP contribution >= 0.6 is 0 Å². The van der Waals surface area contributed by atoms with Gasteiger partial charge in [-0.25, -0.2) is 0 Å². The van der Waals surface area contributed by atoms with Crippen LogP contribution in [-0.4, -0.2) is 29.0 Å². The summed E-state index contributed by atoms with van der Waals surface area (Å²) in [7, 11) is 0. The lowest BCUT2D eigenvalue weighted by Gasteiger charge is -2.35. The van der Waals surface area contributed by atoms with E-state index in [9.17, 15) is 9.90 Å². The van der Waals surface area contributed by atoms with Crippen LogP contribution in [0, 0.1) is 23.7 Å². The highest BCUT2D eigenvalue weighted by Gasteiger charge is 2.32. The molecule has 1 heterocycles. The van der Waals surface area contributed by atoms with Crippen molar-refractivity contribution >= 4 is 5.91 Å². The number of likely N-dealkylation sites (tertiary alicyclic amines) is 1. The van der Waals surface area contributed by atoms with E-state index in [-0.39, 0.29) is 17.1 Å². The van der Waals surface area contributed by atoms with Crippen molar-refractivity contribution in [2.45, 2.75) is 26.7 Å². The maximum Gasteiger partial charge on any atom is 0.254 e. The van der Waals surface area contributed by atoms with Crippen LogP contribution in [0.15, 0.2) is 18.2 Å². The van der Waals surface area contributed by atoms with Gasteiger partial charge in [-0.3, -0.25) is 4.79 Å². The fourth-order valence-corrected chi connectivity index (χ4v) is 2.37. The van der Waals surface area contributed by atoms with Gasteiger partial charge in [0.25, 0.3) is 5.91 Å². The Morgan fingerprint density at radius 3 is 2.58 bits per heavy atom. The number of nitrogens with zero attached hydrogens (tertiary/aromatic N) is 2. The molecule has 1 amide bonds. The smallest absolute Gasteiger partial charge is 0.254 e. The Morgan fingerprint density at radius 1 is 1.42 bits per heavy atom. The largest absolute Gasteiger partial charge is 0.508 e. The zero-order chi connectivity index (χ0) is 14.0. The Balaban J connectivity index is 2.12. The van der Waals surface area contributed by atoms with Crippen LogP contribution in [0.5, 0.6) is 5.75 Å². The standard InChI is InChI=1S/C15H18N2O2/c1-11-9-12(18)3-4-13(11)14(19)17-7-5-15(2,10-16)6-8-17/h3-4,9,18H,5-8H2,1-2H3. The average Bonchev–Trinajstić information content (AvgIpc) is 2.39. The van der Waals surface area contributed by atoms with Gasteiger partial charge in [0, 0.05) is 18.7 Å². The maximum absolute atomic E-state index is 12.4. The summed E-state index contributed by atoms with van der Waals surface area (Å²) >= 11 is 0. The van der Waals surface area contributed by atoms with Gasteiger partial charge in [-0.05, 0) is 50.5 Å². The SMILES string of the molecule is Cc1cc(O)ccc1C(=O)N1CCC(C)(C#N)CC1. The summed E-state index contributed by atoms with van der Waals surface area (Å²) in [4.78, 5) is 14.2. The van der Waals surface area contributed by atoms with E-state index in [0.717, 1.165) is 5.56 Å². The number of phenolic OH excluding ortho intramolecular Hbond substituents is 1. The molecular weight excluding hydrogens is 240 g/mol. The number of carbonyl (C=O) groups is 1. The quantitative estimate of drug-likeness (QED) is 0.841. The van der Waals surface area contributed by atoms with Crippen molar-refractivity contribution in [2.75, 3.05) is 13.1 Å². The molecule has 0 atom stereocenters. The molecule has 0 aliphatic carbocycles. The van der Waals surface area contributed by atoms with Crippen LogP contribution in [0.2, 0.25) is 0 Å². The minimum atomic E-state index is -0.305. The van der Waals surface area contributed by atoms with E-state index in [4.69, 9.17) is 5.26 Å². The predicted octanol–water partition coefficient (Wildman–Crippen LogP) is 2.47. The summed E-state index contributed by atoms with van der Waals surface area (Å²) in [5.74, 6) is 0.155. The molecule has 4 nitrogen and oxygen atoms in total. The Bertz CT molecular complexity index is 538. The highest BCUT2D eigenvalue weighted by molar-refractivity contribution is 5.95. The second kappa shape index (κ2) is 4.93. The van der Waals surface area contributed by atoms with Gasteiger partial charge in [-0.15, -0.1) is 0 Å². The van der Waals surface area contributed by atoms with Crippen LogP contribution in [0.25, 0.3) is 0 Å². The number of phenols is 1. The minimum Gasteiger partial charge on any atom is -0.508 e. The lowest BCUT2D eigenvalue weighted by molar-refractivity contribution is 0.0661. The first kappa shape index (κ1) is 13.4. The molecule has 0 aromatic heterocycles. The number of benzene rings is 1. The third-order valence-electron chi connectivity index (χ3n) is 3.86. The molecule has 1 aliphatic rings. The van der Waals surface area contributed by atoms with Crippen molar-refractivity contribution < 1.29 is 9.90 Å². The molecule has 1 aliphatic heterocycles. The molecule has 2 rings (SSSR count). The highest BCUT2D eigenvalue weighted by Crippen LogP contribution is 2.30. The lowest BCUT2D eigenvalue weighted by atomic mass is 9.82. The third-order valence-corrected chi connectivity index (χ3v) is 3.86. The van der Waals surface area contributed by atoms with Gasteiger partial charge in [0.2, 0.25) is 0 Å². The fraction of sp³-hybridized carbons (Fsp3) is 0.467. The molecule has 0 saturated carbocycles. The number of rotatable bonds is 1. The fourth-order valence-electron chi connectivity index (χ4n) is 2.37. The third kappa shape index (κ3) is 2.70. The van der Waals surface area contributed by atoms with Gasteiger partial charge in [0.05, 0.1) is 11.5 Å². The first-order chi connectivity index (χ1) is 8.95. The van der Waals surface area contributed by atoms with E-state index in [1.54, 1.807) is 17.0 Å². The highest BCUT2D eigenvalue weighted by atomic mass is 16.3. The van der Waals surface area contributed by atoms with Crippen molar-refractivity contribution in [3.05, 3.63) is 29.3 Å². The van der Waals surface area contributed by atoms with Crippen LogP contribution in [0.3, 0.4) is 0 Å². The Labute approximate surface area is 113 Å². The average molecular weight is 258 g/mol. The molecule has 1 aromatic rings. The Morgan fingerprint density at radius 2 is 2.05 bits per heavy atom. The molecule has 0 radical (unpaired) electrons. The molecule has 100 valence electrons. The van der Waals surface area contributed by atoms with Crippen molar-refractivity contribution in [2.24, 2.45) is 5.41 Å². The monoisotopic (exact) mass is 258 g/mol. The first-order valence-corrected chi connectivity index (χ1v) is 6.45. The number of amides is 1. The number of carbonyl (C=O) groups excluding carboxylic acids is 1. The van der Waals surface area contributed by atoms with E-state index < -0.39 is 0 Å². The summed E-state index contributed by atoms with van der Waals surface area (Å²) in [6, 6.07) is 7.11. The molecule has 0 unspecified atom stereocenters. The summed E-state index contributed by atoms with van der Waals surface area (Å²) in [5.41, 5.74) is 1.10. The summed E-state index contributed by atoms with van der Waals surface area (Å²) < 4.78 is 0. The molecule has 1 saturated heterocycles. The van der Waals surface area contributed by atoms with Crippen molar-refractivity contribution in [3.63, 3.8) is 0 Å². The van der Waals surface area contributed by atoms with Gasteiger partial charge in [0.15, 0.2) is 0 Å². The predicted molar refractivity (Wildman–Crippen MR) is 71.7 cm³/mol. The lowest BCUT2D eigenvalue weighted by Crippen LogP contribution is -2.41. The zero-order valence-corrected chi connectivity index (χ0v) is 11.3. The first-order valence-electron chi connectivity index (χ1n) is 6.45. The van der Waals surface area contributed by atoms with E-state index in [0.29, 0.717) is 31.5 Å². The molecular formula is C15H18N2O2. The molecule has 19 heavy (non-hydrogen) atoms. The Hall–Kier alpha value is -2.02. The van der Waals surface area contributed by atoms with Gasteiger partial charge >= 0.3 is 0 Å². The summed E-state index contributed by atoms with van der Waals surface area (Å²) in [6.07, 6.45) is 1.43. The number of piperidine rings is 1. The van der Waals surface area contributed by atoms with Crippen LogP contribution in [0.4, 0.5) is 0 Å². The minimum absolute atomic E-state index is 0.0162. The van der Waals surface area contributed by atoms with Crippen molar-refractivity contribution in [1.29, 1.82) is 5.26 Å². The number of nitriles is 1. The van der Waals surface area contributed by atoms with Crippen molar-refractivity contribution in [3.8, 4) is 11.8 Å². The number of aryl methyl sites for hydroxylation is 1. The summed E-state index contributed by atoms with van der Waals surface area (Å²) in [5, 5.41) is 18.5. The van der Waals surface area contributed by atoms with E-state index in [1.807, 2.05) is 13.8 Å². The molecule has 0 bridgehead atoms.